The third kappa shape index (κ3) is 2.36. The van der Waals surface area contributed by atoms with E-state index in [1.807, 2.05) is 0 Å². The number of alkyl halides is 4. The van der Waals surface area contributed by atoms with Crippen molar-refractivity contribution in [3.63, 3.8) is 0 Å². The Morgan fingerprint density at radius 1 is 1.27 bits per heavy atom. The van der Waals surface area contributed by atoms with E-state index in [-0.39, 0.29) is 0 Å². The first kappa shape index (κ1) is 14.1. The number of carbonyl (C=O) groups is 1. The first-order valence-corrected chi connectivity index (χ1v) is 4.74. The van der Waals surface area contributed by atoms with Crippen LogP contribution < -0.4 is 0 Å². The minimum Gasteiger partial charge on any atom is -0.462 e. The van der Waals surface area contributed by atoms with E-state index in [0.717, 1.165) is 6.92 Å². The van der Waals surface area contributed by atoms with Gasteiger partial charge in [-0.2, -0.15) is 21.6 Å². The molecule has 0 aliphatic carbocycles. The standard InChI is InChI=1S/C5H5F5O4S/c1-2-14-3(11)4(6,5(7,8)9)15(10,12)13/h2H2,1H3. The molecule has 0 fully saturated rings. The number of halogens is 5. The molecule has 1 atom stereocenters. The van der Waals surface area contributed by atoms with Gasteiger partial charge in [-0.05, 0) is 6.92 Å². The van der Waals surface area contributed by atoms with Gasteiger partial charge in [-0.1, -0.05) is 0 Å². The lowest BCUT2D eigenvalue weighted by Gasteiger charge is -2.21. The summed E-state index contributed by atoms with van der Waals surface area (Å²) in [5.74, 6) is -2.85. The lowest BCUT2D eigenvalue weighted by molar-refractivity contribution is -0.214. The van der Waals surface area contributed by atoms with Crippen molar-refractivity contribution in [2.24, 2.45) is 0 Å². The van der Waals surface area contributed by atoms with Gasteiger partial charge < -0.3 is 4.74 Å². The molecule has 0 spiro atoms. The first-order valence-electron chi connectivity index (χ1n) is 3.35. The van der Waals surface area contributed by atoms with Gasteiger partial charge in [0.25, 0.3) is 0 Å². The molecule has 0 aromatic rings. The normalized spacial score (nSPS) is 16.9. The lowest BCUT2D eigenvalue weighted by Crippen LogP contribution is -2.53. The van der Waals surface area contributed by atoms with Crippen LogP contribution in [0.2, 0.25) is 0 Å². The van der Waals surface area contributed by atoms with Crippen LogP contribution in [0.25, 0.3) is 0 Å². The summed E-state index contributed by atoms with van der Waals surface area (Å²) in [5.41, 5.74) is 0. The van der Waals surface area contributed by atoms with E-state index in [2.05, 4.69) is 4.74 Å². The second-order valence-corrected chi connectivity index (χ2v) is 3.69. The predicted molar refractivity (Wildman–Crippen MR) is 36.6 cm³/mol. The van der Waals surface area contributed by atoms with E-state index in [0.29, 0.717) is 0 Å². The third-order valence-electron chi connectivity index (χ3n) is 1.24. The van der Waals surface area contributed by atoms with Crippen molar-refractivity contribution in [3.8, 4) is 0 Å². The molecule has 0 radical (unpaired) electrons. The fourth-order valence-electron chi connectivity index (χ4n) is 0.577. The Morgan fingerprint density at radius 2 is 1.67 bits per heavy atom. The van der Waals surface area contributed by atoms with E-state index in [1.165, 1.54) is 0 Å². The molecule has 0 aliphatic rings. The van der Waals surface area contributed by atoms with Gasteiger partial charge in [-0.15, -0.1) is 3.89 Å². The largest absolute Gasteiger partial charge is 0.462 e. The van der Waals surface area contributed by atoms with Crippen LogP contribution in [0.1, 0.15) is 6.92 Å². The van der Waals surface area contributed by atoms with Crippen LogP contribution in [0.4, 0.5) is 21.4 Å². The highest BCUT2D eigenvalue weighted by molar-refractivity contribution is 7.88. The predicted octanol–water partition coefficient (Wildman–Crippen LogP) is 1.08. The zero-order valence-corrected chi connectivity index (χ0v) is 7.95. The van der Waals surface area contributed by atoms with Gasteiger partial charge in [0.1, 0.15) is 0 Å². The molecular weight excluding hydrogens is 251 g/mol. The maximum atomic E-state index is 12.8. The summed E-state index contributed by atoms with van der Waals surface area (Å²) in [6, 6.07) is 0. The Labute approximate surface area is 81.2 Å². The zero-order valence-electron chi connectivity index (χ0n) is 7.14. The molecule has 0 heterocycles. The van der Waals surface area contributed by atoms with Crippen LogP contribution in [-0.4, -0.2) is 32.2 Å². The second-order valence-electron chi connectivity index (χ2n) is 2.25. The highest BCUT2D eigenvalue weighted by atomic mass is 32.3. The zero-order chi connectivity index (χ0) is 12.5. The molecule has 0 amide bonds. The summed E-state index contributed by atoms with van der Waals surface area (Å²) in [7, 11) is -6.81. The Balaban J connectivity index is 5.54. The van der Waals surface area contributed by atoms with E-state index in [1.54, 1.807) is 0 Å². The molecular formula is C5H5F5O4S. The number of ether oxygens (including phenoxy) is 1. The van der Waals surface area contributed by atoms with E-state index in [9.17, 15) is 34.7 Å². The van der Waals surface area contributed by atoms with Crippen molar-refractivity contribution in [1.82, 2.24) is 0 Å². The summed E-state index contributed by atoms with van der Waals surface area (Å²) in [4.78, 5) is 10.4. The topological polar surface area (TPSA) is 60.4 Å². The van der Waals surface area contributed by atoms with Crippen LogP contribution >= 0.6 is 0 Å². The highest BCUT2D eigenvalue weighted by Crippen LogP contribution is 2.40. The second kappa shape index (κ2) is 3.91. The van der Waals surface area contributed by atoms with Crippen molar-refractivity contribution in [2.45, 2.75) is 18.1 Å². The number of rotatable bonds is 3. The van der Waals surface area contributed by atoms with Crippen molar-refractivity contribution >= 4 is 16.2 Å². The van der Waals surface area contributed by atoms with Gasteiger partial charge in [0, 0.05) is 0 Å². The quantitative estimate of drug-likeness (QED) is 0.430. The van der Waals surface area contributed by atoms with Gasteiger partial charge in [0.2, 0.25) is 0 Å². The number of hydrogen-bond donors (Lipinski definition) is 0. The van der Waals surface area contributed by atoms with Gasteiger partial charge in [0.15, 0.2) is 0 Å². The molecule has 0 aromatic heterocycles. The number of hydrogen-bond acceptors (Lipinski definition) is 4. The highest BCUT2D eigenvalue weighted by Gasteiger charge is 2.73. The monoisotopic (exact) mass is 256 g/mol. The molecule has 1 unspecified atom stereocenters. The number of carbonyl (C=O) groups excluding carboxylic acids is 1. The summed E-state index contributed by atoms with van der Waals surface area (Å²) >= 11 is 0. The molecule has 0 saturated heterocycles. The SMILES string of the molecule is CCOC(=O)C(F)(C(F)(F)F)S(=O)(=O)F. The van der Waals surface area contributed by atoms with Crippen LogP contribution in [0.15, 0.2) is 0 Å². The fraction of sp³-hybridized carbons (Fsp3) is 0.800. The molecule has 0 bridgehead atoms. The Kier molecular flexibility index (Phi) is 3.67. The summed E-state index contributed by atoms with van der Waals surface area (Å²) in [6.07, 6.45) is -6.24. The van der Waals surface area contributed by atoms with Crippen molar-refractivity contribution in [3.05, 3.63) is 0 Å². The Bertz CT molecular complexity index is 347. The average molecular weight is 256 g/mol. The molecule has 0 rings (SSSR count). The van der Waals surface area contributed by atoms with Crippen molar-refractivity contribution in [2.75, 3.05) is 6.61 Å². The molecule has 0 aromatic carbocycles. The first-order chi connectivity index (χ1) is 6.48. The average Bonchev–Trinajstić information content (AvgIpc) is 1.99. The lowest BCUT2D eigenvalue weighted by atomic mass is 10.4. The molecule has 4 nitrogen and oxygen atoms in total. The van der Waals surface area contributed by atoms with Crippen LogP contribution in [-0.2, 0) is 19.8 Å². The molecule has 0 N–H and O–H groups in total. The molecule has 10 heteroatoms. The van der Waals surface area contributed by atoms with Crippen LogP contribution in [0.3, 0.4) is 0 Å². The van der Waals surface area contributed by atoms with Crippen LogP contribution in [0.5, 0.6) is 0 Å². The van der Waals surface area contributed by atoms with Gasteiger partial charge >= 0.3 is 27.4 Å². The van der Waals surface area contributed by atoms with Crippen molar-refractivity contribution in [1.29, 1.82) is 0 Å². The van der Waals surface area contributed by atoms with Gasteiger partial charge in [-0.25, -0.2) is 9.18 Å². The summed E-state index contributed by atoms with van der Waals surface area (Å²) in [5, 5.41) is -5.67. The molecule has 90 valence electrons. The Hall–Kier alpha value is -0.930. The van der Waals surface area contributed by atoms with Gasteiger partial charge in [-0.3, -0.25) is 0 Å². The smallest absolute Gasteiger partial charge is 0.451 e. The Morgan fingerprint density at radius 3 is 1.87 bits per heavy atom. The van der Waals surface area contributed by atoms with E-state index >= 15 is 0 Å². The van der Waals surface area contributed by atoms with Gasteiger partial charge in [0.05, 0.1) is 6.61 Å². The maximum absolute atomic E-state index is 12.8. The molecule has 0 saturated carbocycles. The number of esters is 1. The fourth-order valence-corrected chi connectivity index (χ4v) is 1.11. The van der Waals surface area contributed by atoms with Crippen LogP contribution in [0, 0.1) is 0 Å². The van der Waals surface area contributed by atoms with E-state index in [4.69, 9.17) is 0 Å². The van der Waals surface area contributed by atoms with E-state index < -0.39 is 34.0 Å². The molecule has 15 heavy (non-hydrogen) atoms. The van der Waals surface area contributed by atoms with Crippen molar-refractivity contribution < 1.29 is 39.4 Å². The summed E-state index contributed by atoms with van der Waals surface area (Å²) < 4.78 is 84.0. The minimum absolute atomic E-state index is 0.726. The maximum Gasteiger partial charge on any atom is 0.451 e. The third-order valence-corrected chi connectivity index (χ3v) is 2.31. The summed E-state index contributed by atoms with van der Waals surface area (Å²) in [6.45, 7) is 0.273. The molecule has 0 aliphatic heterocycles. The minimum atomic E-state index is -6.81.